The van der Waals surface area contributed by atoms with Gasteiger partial charge in [-0.2, -0.15) is 13.2 Å². The highest BCUT2D eigenvalue weighted by Crippen LogP contribution is 2.35. The summed E-state index contributed by atoms with van der Waals surface area (Å²) in [5.74, 6) is -1.28. The molecule has 4 heterocycles. The van der Waals surface area contributed by atoms with Crippen LogP contribution in [0.15, 0.2) is 60.9 Å². The van der Waals surface area contributed by atoms with E-state index in [1.54, 1.807) is 0 Å². The van der Waals surface area contributed by atoms with Crippen molar-refractivity contribution in [2.45, 2.75) is 37.8 Å². The van der Waals surface area contributed by atoms with Gasteiger partial charge in [0.25, 0.3) is 0 Å². The average Bonchev–Trinajstić information content (AvgIpc) is 3.38. The average molecular weight is 573 g/mol. The third-order valence-corrected chi connectivity index (χ3v) is 8.28. The predicted octanol–water partition coefficient (Wildman–Crippen LogP) is 7.10. The van der Waals surface area contributed by atoms with Gasteiger partial charge in [0.2, 0.25) is 0 Å². The van der Waals surface area contributed by atoms with Crippen LogP contribution in [0, 0.1) is 5.92 Å². The number of halogens is 4. The van der Waals surface area contributed by atoms with Crippen LogP contribution >= 0.6 is 11.6 Å². The van der Waals surface area contributed by atoms with Gasteiger partial charge < -0.3 is 19.9 Å². The van der Waals surface area contributed by atoms with Crippen molar-refractivity contribution in [3.63, 3.8) is 0 Å². The summed E-state index contributed by atoms with van der Waals surface area (Å²) in [5, 5.41) is 10.5. The molecule has 2 saturated heterocycles. The summed E-state index contributed by atoms with van der Waals surface area (Å²) < 4.78 is 31.7. The molecule has 0 unspecified atom stereocenters. The van der Waals surface area contributed by atoms with Crippen molar-refractivity contribution < 1.29 is 23.1 Å². The first-order chi connectivity index (χ1) is 19.2. The number of H-pyrrole nitrogens is 1. The quantitative estimate of drug-likeness (QED) is 0.273. The van der Waals surface area contributed by atoms with Gasteiger partial charge in [0, 0.05) is 59.0 Å². The Hall–Kier alpha value is -3.30. The van der Waals surface area contributed by atoms with Gasteiger partial charge >= 0.3 is 12.1 Å². The van der Waals surface area contributed by atoms with E-state index in [4.69, 9.17) is 21.5 Å². The summed E-state index contributed by atoms with van der Waals surface area (Å²) in [6.07, 6.45) is 4.14. The van der Waals surface area contributed by atoms with Crippen LogP contribution in [0.3, 0.4) is 0 Å². The second-order valence-corrected chi connectivity index (χ2v) is 11.0. The van der Waals surface area contributed by atoms with E-state index >= 15 is 0 Å². The number of likely N-dealkylation sites (tertiary alicyclic amines) is 1. The summed E-state index contributed by atoms with van der Waals surface area (Å²) in [6.45, 7) is 5.91. The predicted molar refractivity (Wildman–Crippen MR) is 152 cm³/mol. The zero-order valence-corrected chi connectivity index (χ0v) is 22.8. The minimum absolute atomic E-state index is 0.686. The van der Waals surface area contributed by atoms with Crippen LogP contribution in [0.4, 0.5) is 18.9 Å². The van der Waals surface area contributed by atoms with Crippen LogP contribution in [0.2, 0.25) is 5.02 Å². The number of anilines is 1. The number of para-hydroxylation sites is 1. The second kappa shape index (κ2) is 12.1. The monoisotopic (exact) mass is 572 g/mol. The molecule has 6 nitrogen and oxygen atoms in total. The van der Waals surface area contributed by atoms with E-state index in [2.05, 4.69) is 62.4 Å². The Morgan fingerprint density at radius 3 is 2.40 bits per heavy atom. The summed E-state index contributed by atoms with van der Waals surface area (Å²) >= 11 is 6.28. The van der Waals surface area contributed by atoms with Crippen LogP contribution in [0.25, 0.3) is 21.8 Å². The van der Waals surface area contributed by atoms with Gasteiger partial charge in [0.15, 0.2) is 0 Å². The molecule has 212 valence electrons. The molecular formula is C30H32ClF3N4O2. The van der Waals surface area contributed by atoms with Crippen LogP contribution in [-0.2, 0) is 4.79 Å². The summed E-state index contributed by atoms with van der Waals surface area (Å²) in [5.41, 5.74) is 5.09. The van der Waals surface area contributed by atoms with Crippen molar-refractivity contribution in [1.82, 2.24) is 14.9 Å². The zero-order chi connectivity index (χ0) is 28.3. The highest BCUT2D eigenvalue weighted by atomic mass is 35.5. The minimum atomic E-state index is -5.08. The number of pyridine rings is 1. The van der Waals surface area contributed by atoms with Gasteiger partial charge in [-0.1, -0.05) is 29.8 Å². The lowest BCUT2D eigenvalue weighted by molar-refractivity contribution is -0.192. The lowest BCUT2D eigenvalue weighted by Gasteiger charge is -2.38. The molecule has 0 radical (unpaired) electrons. The molecule has 10 heteroatoms. The highest BCUT2D eigenvalue weighted by molar-refractivity contribution is 6.31. The number of aromatic amines is 1. The molecule has 40 heavy (non-hydrogen) atoms. The van der Waals surface area contributed by atoms with Crippen LogP contribution in [-0.4, -0.2) is 64.8 Å². The topological polar surface area (TPSA) is 72.5 Å². The number of alkyl halides is 3. The number of piperidine rings is 2. The molecule has 0 saturated carbocycles. The fourth-order valence-corrected chi connectivity index (χ4v) is 6.13. The Morgan fingerprint density at radius 1 is 1.00 bits per heavy atom. The van der Waals surface area contributed by atoms with E-state index in [9.17, 15) is 13.2 Å². The fourth-order valence-electron chi connectivity index (χ4n) is 5.96. The Balaban J connectivity index is 0.000000411. The third kappa shape index (κ3) is 6.53. The lowest BCUT2D eigenvalue weighted by Crippen LogP contribution is -2.41. The fraction of sp³-hybridized carbons (Fsp3) is 0.400. The number of benzene rings is 2. The molecule has 2 N–H and O–H groups in total. The van der Waals surface area contributed by atoms with E-state index in [0.717, 1.165) is 29.5 Å². The van der Waals surface area contributed by atoms with Gasteiger partial charge in [0.05, 0.1) is 5.52 Å². The standard InChI is InChI=1S/C28H31ClN4.C2HF3O2/c29-22-5-6-27-24(17-22)28(7-12-30-27)33-15-8-20(9-16-33)19-32-13-10-21(11-14-32)25-18-31-26-4-2-1-3-23(25)26;3-2(4,5)1(6)7/h1-7,12,17-18,20-21,31H,8-11,13-16,19H2;(H,6,7). The number of nitrogens with zero attached hydrogens (tertiary/aromatic N) is 3. The molecule has 2 aromatic carbocycles. The van der Waals surface area contributed by atoms with Crippen LogP contribution in [0.1, 0.15) is 37.2 Å². The third-order valence-electron chi connectivity index (χ3n) is 8.04. The maximum absolute atomic E-state index is 10.6. The smallest absolute Gasteiger partial charge is 0.475 e. The molecule has 4 aromatic rings. The van der Waals surface area contributed by atoms with Crippen LogP contribution < -0.4 is 4.90 Å². The Bertz CT molecular complexity index is 1460. The molecule has 6 rings (SSSR count). The van der Waals surface area contributed by atoms with E-state index in [-0.39, 0.29) is 0 Å². The first-order valence-electron chi connectivity index (χ1n) is 13.6. The number of aliphatic carboxylic acids is 1. The van der Waals surface area contributed by atoms with Gasteiger partial charge in [-0.25, -0.2) is 4.79 Å². The molecule has 2 aliphatic heterocycles. The molecule has 2 aromatic heterocycles. The number of nitrogens with one attached hydrogen (secondary N) is 1. The molecule has 0 aliphatic carbocycles. The van der Waals surface area contributed by atoms with Gasteiger partial charge in [0.1, 0.15) is 0 Å². The van der Waals surface area contributed by atoms with Gasteiger partial charge in [-0.15, -0.1) is 0 Å². The lowest BCUT2D eigenvalue weighted by atomic mass is 9.88. The number of fused-ring (bicyclic) bond motifs is 2. The summed E-state index contributed by atoms with van der Waals surface area (Å²) in [4.78, 5) is 22.1. The molecule has 2 fully saturated rings. The number of carboxylic acids is 1. The van der Waals surface area contributed by atoms with Crippen LogP contribution in [0.5, 0.6) is 0 Å². The number of carboxylic acid groups (broad SMARTS) is 1. The van der Waals surface area contributed by atoms with Gasteiger partial charge in [-0.05, 0) is 86.5 Å². The largest absolute Gasteiger partial charge is 0.490 e. The first kappa shape index (κ1) is 28.2. The second-order valence-electron chi connectivity index (χ2n) is 10.6. The SMILES string of the molecule is Clc1ccc2nccc(N3CCC(CN4CCC(c5c[nH]c6ccccc56)CC4)CC3)c2c1.O=C(O)C(F)(F)F. The Morgan fingerprint density at radius 2 is 1.70 bits per heavy atom. The summed E-state index contributed by atoms with van der Waals surface area (Å²) in [7, 11) is 0. The molecule has 2 aliphatic rings. The van der Waals surface area contributed by atoms with E-state index in [1.807, 2.05) is 18.3 Å². The van der Waals surface area contributed by atoms with Crippen molar-refractivity contribution in [2.75, 3.05) is 37.6 Å². The summed E-state index contributed by atoms with van der Waals surface area (Å²) in [6, 6.07) is 16.9. The molecule has 0 bridgehead atoms. The molecule has 0 amide bonds. The number of carbonyl (C=O) groups is 1. The number of hydrogen-bond acceptors (Lipinski definition) is 4. The number of rotatable bonds is 4. The van der Waals surface area contributed by atoms with E-state index < -0.39 is 12.1 Å². The minimum Gasteiger partial charge on any atom is -0.475 e. The first-order valence-corrected chi connectivity index (χ1v) is 13.9. The zero-order valence-electron chi connectivity index (χ0n) is 22.0. The normalized spacial score (nSPS) is 17.6. The molecule has 0 atom stereocenters. The molecule has 0 spiro atoms. The Labute approximate surface area is 235 Å². The van der Waals surface area contributed by atoms with Crippen molar-refractivity contribution in [3.05, 3.63) is 71.5 Å². The highest BCUT2D eigenvalue weighted by Gasteiger charge is 2.38. The van der Waals surface area contributed by atoms with Crippen molar-refractivity contribution in [2.24, 2.45) is 5.92 Å². The van der Waals surface area contributed by atoms with E-state index in [0.29, 0.717) is 5.92 Å². The maximum atomic E-state index is 10.6. The van der Waals surface area contributed by atoms with E-state index in [1.165, 1.54) is 72.9 Å². The maximum Gasteiger partial charge on any atom is 0.490 e. The molecular weight excluding hydrogens is 541 g/mol. The Kier molecular flexibility index (Phi) is 8.51. The number of hydrogen-bond donors (Lipinski definition) is 2. The van der Waals surface area contributed by atoms with Gasteiger partial charge in [-0.3, -0.25) is 4.98 Å². The van der Waals surface area contributed by atoms with Crippen molar-refractivity contribution in [3.8, 4) is 0 Å². The van der Waals surface area contributed by atoms with Crippen molar-refractivity contribution >= 4 is 45.1 Å². The number of aromatic nitrogens is 2. The van der Waals surface area contributed by atoms with Crippen molar-refractivity contribution in [1.29, 1.82) is 0 Å².